The van der Waals surface area contributed by atoms with Gasteiger partial charge in [-0.2, -0.15) is 0 Å². The molecule has 6 heteroatoms. The van der Waals surface area contributed by atoms with E-state index in [4.69, 9.17) is 5.73 Å². The summed E-state index contributed by atoms with van der Waals surface area (Å²) >= 11 is 0. The maximum atomic E-state index is 13.2. The van der Waals surface area contributed by atoms with Gasteiger partial charge in [0.15, 0.2) is 0 Å². The lowest BCUT2D eigenvalue weighted by Gasteiger charge is -2.15. The molecule has 1 aromatic rings. The van der Waals surface area contributed by atoms with Crippen LogP contribution >= 0.6 is 0 Å². The van der Waals surface area contributed by atoms with E-state index in [-0.39, 0.29) is 12.5 Å². The number of primary amides is 1. The smallest absolute Gasteiger partial charge is 0.249 e. The van der Waals surface area contributed by atoms with Gasteiger partial charge in [0.1, 0.15) is 18.4 Å². The molecule has 1 aliphatic rings. The Kier molecular flexibility index (Phi) is 2.81. The van der Waals surface area contributed by atoms with E-state index >= 15 is 0 Å². The van der Waals surface area contributed by atoms with Crippen LogP contribution in [0.2, 0.25) is 0 Å². The summed E-state index contributed by atoms with van der Waals surface area (Å²) in [6.07, 6.45) is 0. The second-order valence-corrected chi connectivity index (χ2v) is 3.82. The van der Waals surface area contributed by atoms with Crippen molar-refractivity contribution in [3.05, 3.63) is 29.6 Å². The molecular weight excluding hydrogens is 225 g/mol. The Morgan fingerprint density at radius 3 is 2.88 bits per heavy atom. The van der Waals surface area contributed by atoms with E-state index in [0.29, 0.717) is 11.3 Å². The van der Waals surface area contributed by atoms with E-state index in [0.717, 1.165) is 0 Å². The maximum Gasteiger partial charge on any atom is 0.249 e. The molecule has 0 aromatic heterocycles. The molecule has 0 saturated heterocycles. The summed E-state index contributed by atoms with van der Waals surface area (Å²) in [5.74, 6) is -1.39. The van der Waals surface area contributed by atoms with Crippen LogP contribution in [0.15, 0.2) is 18.2 Å². The van der Waals surface area contributed by atoms with E-state index in [2.05, 4.69) is 5.32 Å². The van der Waals surface area contributed by atoms with Crippen LogP contribution in [-0.2, 0) is 9.59 Å². The van der Waals surface area contributed by atoms with Gasteiger partial charge < -0.3 is 16.0 Å². The van der Waals surface area contributed by atoms with Gasteiger partial charge >= 0.3 is 0 Å². The summed E-state index contributed by atoms with van der Waals surface area (Å²) in [5.41, 5.74) is 6.12. The van der Waals surface area contributed by atoms with Crippen molar-refractivity contribution in [1.82, 2.24) is 5.32 Å². The van der Waals surface area contributed by atoms with Crippen LogP contribution in [0.3, 0.4) is 0 Å². The van der Waals surface area contributed by atoms with Gasteiger partial charge in [-0.25, -0.2) is 4.39 Å². The lowest BCUT2D eigenvalue weighted by Crippen LogP contribution is -2.39. The molecule has 0 saturated carbocycles. The molecule has 0 bridgehead atoms. The van der Waals surface area contributed by atoms with Crippen LogP contribution in [0.5, 0.6) is 0 Å². The molecule has 5 nitrogen and oxygen atoms in total. The average molecular weight is 237 g/mol. The molecule has 0 fully saturated rings. The molecular formula is C11H12FN3O2. The SMILES string of the molecule is CNC1C(=O)N(CC(N)=O)c2cc(F)ccc21. The van der Waals surface area contributed by atoms with Crippen molar-refractivity contribution in [3.63, 3.8) is 0 Å². The summed E-state index contributed by atoms with van der Waals surface area (Å²) in [7, 11) is 1.63. The molecule has 17 heavy (non-hydrogen) atoms. The van der Waals surface area contributed by atoms with Gasteiger partial charge in [-0.1, -0.05) is 6.07 Å². The van der Waals surface area contributed by atoms with E-state index in [1.165, 1.54) is 23.1 Å². The number of hydrogen-bond donors (Lipinski definition) is 2. The number of fused-ring (bicyclic) bond motifs is 1. The van der Waals surface area contributed by atoms with Crippen molar-refractivity contribution in [2.75, 3.05) is 18.5 Å². The summed E-state index contributed by atoms with van der Waals surface area (Å²) in [4.78, 5) is 24.1. The average Bonchev–Trinajstić information content (AvgIpc) is 2.51. The Labute approximate surface area is 97.4 Å². The third-order valence-corrected chi connectivity index (χ3v) is 2.71. The van der Waals surface area contributed by atoms with Crippen LogP contribution in [0.4, 0.5) is 10.1 Å². The van der Waals surface area contributed by atoms with Gasteiger partial charge in [0.25, 0.3) is 0 Å². The van der Waals surface area contributed by atoms with E-state index < -0.39 is 17.8 Å². The first kappa shape index (κ1) is 11.5. The van der Waals surface area contributed by atoms with Crippen LogP contribution in [0, 0.1) is 5.82 Å². The number of carbonyl (C=O) groups is 2. The van der Waals surface area contributed by atoms with Crippen LogP contribution in [0.25, 0.3) is 0 Å². The predicted molar refractivity (Wildman–Crippen MR) is 59.7 cm³/mol. The Hall–Kier alpha value is -1.95. The van der Waals surface area contributed by atoms with E-state index in [1.807, 2.05) is 0 Å². The third kappa shape index (κ3) is 1.87. The third-order valence-electron chi connectivity index (χ3n) is 2.71. The normalized spacial score (nSPS) is 18.4. The molecule has 1 aromatic carbocycles. The molecule has 1 heterocycles. The minimum Gasteiger partial charge on any atom is -0.368 e. The van der Waals surface area contributed by atoms with Gasteiger partial charge in [-0.05, 0) is 19.2 Å². The molecule has 90 valence electrons. The molecule has 0 spiro atoms. The number of nitrogens with two attached hydrogens (primary N) is 1. The molecule has 1 atom stereocenters. The number of nitrogens with zero attached hydrogens (tertiary/aromatic N) is 1. The van der Waals surface area contributed by atoms with Crippen molar-refractivity contribution in [2.24, 2.45) is 5.73 Å². The number of hydrogen-bond acceptors (Lipinski definition) is 3. The first-order valence-electron chi connectivity index (χ1n) is 5.11. The van der Waals surface area contributed by atoms with Gasteiger partial charge in [0.05, 0.1) is 5.69 Å². The first-order valence-corrected chi connectivity index (χ1v) is 5.11. The highest BCUT2D eigenvalue weighted by Crippen LogP contribution is 2.35. The number of rotatable bonds is 3. The standard InChI is InChI=1S/C11H12FN3O2/c1-14-10-7-3-2-6(12)4-8(7)15(11(10)17)5-9(13)16/h2-4,10,14H,5H2,1H3,(H2,13,16). The maximum absolute atomic E-state index is 13.2. The fourth-order valence-electron chi connectivity index (χ4n) is 2.00. The Morgan fingerprint density at radius 1 is 1.59 bits per heavy atom. The second-order valence-electron chi connectivity index (χ2n) is 3.82. The fourth-order valence-corrected chi connectivity index (χ4v) is 2.00. The van der Waals surface area contributed by atoms with Gasteiger partial charge in [-0.15, -0.1) is 0 Å². The van der Waals surface area contributed by atoms with Crippen LogP contribution in [0.1, 0.15) is 11.6 Å². The summed E-state index contributed by atoms with van der Waals surface area (Å²) in [6, 6.07) is 3.49. The number of carbonyl (C=O) groups excluding carboxylic acids is 2. The van der Waals surface area contributed by atoms with Gasteiger partial charge in [0.2, 0.25) is 11.8 Å². The predicted octanol–water partition coefficient (Wildman–Crippen LogP) is -0.0819. The molecule has 1 aliphatic heterocycles. The lowest BCUT2D eigenvalue weighted by atomic mass is 10.1. The topological polar surface area (TPSA) is 75.4 Å². The van der Waals surface area contributed by atoms with Crippen molar-refractivity contribution in [3.8, 4) is 0 Å². The number of amides is 2. The minimum atomic E-state index is -0.634. The number of halogens is 1. The number of anilines is 1. The van der Waals surface area contributed by atoms with Crippen molar-refractivity contribution in [2.45, 2.75) is 6.04 Å². The summed E-state index contributed by atoms with van der Waals surface area (Å²) in [5, 5.41) is 2.83. The zero-order valence-electron chi connectivity index (χ0n) is 9.24. The van der Waals surface area contributed by atoms with Crippen LogP contribution < -0.4 is 16.0 Å². The second kappa shape index (κ2) is 4.14. The van der Waals surface area contributed by atoms with Crippen molar-refractivity contribution >= 4 is 17.5 Å². The van der Waals surface area contributed by atoms with E-state index in [1.54, 1.807) is 7.05 Å². The number of likely N-dealkylation sites (N-methyl/N-ethyl adjacent to an activating group) is 1. The zero-order chi connectivity index (χ0) is 12.6. The number of nitrogens with one attached hydrogen (secondary N) is 1. The van der Waals surface area contributed by atoms with E-state index in [9.17, 15) is 14.0 Å². The number of benzene rings is 1. The highest BCUT2D eigenvalue weighted by atomic mass is 19.1. The fraction of sp³-hybridized carbons (Fsp3) is 0.273. The van der Waals surface area contributed by atoms with Gasteiger partial charge in [-0.3, -0.25) is 9.59 Å². The molecule has 2 amide bonds. The molecule has 0 aliphatic carbocycles. The molecule has 3 N–H and O–H groups in total. The highest BCUT2D eigenvalue weighted by molar-refractivity contribution is 6.07. The Morgan fingerprint density at radius 2 is 2.29 bits per heavy atom. The zero-order valence-corrected chi connectivity index (χ0v) is 9.24. The molecule has 2 rings (SSSR count). The van der Waals surface area contributed by atoms with Crippen molar-refractivity contribution in [1.29, 1.82) is 0 Å². The first-order chi connectivity index (χ1) is 8.04. The lowest BCUT2D eigenvalue weighted by molar-refractivity contribution is -0.123. The molecule has 1 unspecified atom stereocenters. The summed E-state index contributed by atoms with van der Waals surface area (Å²) in [6.45, 7) is -0.243. The Bertz CT molecular complexity index is 490. The van der Waals surface area contributed by atoms with Crippen LogP contribution in [-0.4, -0.2) is 25.4 Å². The Balaban J connectivity index is 2.47. The highest BCUT2D eigenvalue weighted by Gasteiger charge is 2.37. The largest absolute Gasteiger partial charge is 0.368 e. The molecule has 0 radical (unpaired) electrons. The quantitative estimate of drug-likeness (QED) is 0.772. The summed E-state index contributed by atoms with van der Waals surface area (Å²) < 4.78 is 13.2. The van der Waals surface area contributed by atoms with Crippen molar-refractivity contribution < 1.29 is 14.0 Å². The van der Waals surface area contributed by atoms with Gasteiger partial charge in [0, 0.05) is 5.56 Å². The monoisotopic (exact) mass is 237 g/mol. The minimum absolute atomic E-state index is 0.243.